The van der Waals surface area contributed by atoms with E-state index in [0.717, 1.165) is 54.0 Å². The molecule has 1 aromatic carbocycles. The van der Waals surface area contributed by atoms with Gasteiger partial charge in [-0.3, -0.25) is 4.68 Å². The molecule has 0 atom stereocenters. The van der Waals surface area contributed by atoms with Gasteiger partial charge >= 0.3 is 6.09 Å². The van der Waals surface area contributed by atoms with E-state index in [9.17, 15) is 18.3 Å². The Hall–Kier alpha value is -2.59. The minimum atomic E-state index is -3.34. The third-order valence-corrected chi connectivity index (χ3v) is 7.84. The van der Waals surface area contributed by atoms with E-state index in [1.807, 2.05) is 6.07 Å². The van der Waals surface area contributed by atoms with Crippen LogP contribution in [0.15, 0.2) is 23.1 Å². The SMILES string of the molecule is CS(=O)(=O)c1ccc2c(c1)N(c1nn(C3CCOCC3)c3c1CN(C(=O)O)CC3)CCC2. The number of aromatic nitrogens is 2. The van der Waals surface area contributed by atoms with Crippen molar-refractivity contribution in [2.45, 2.75) is 49.6 Å². The summed E-state index contributed by atoms with van der Waals surface area (Å²) in [7, 11) is -3.34. The maximum absolute atomic E-state index is 12.2. The molecule has 9 nitrogen and oxygen atoms in total. The van der Waals surface area contributed by atoms with E-state index in [-0.39, 0.29) is 10.9 Å². The first kappa shape index (κ1) is 21.3. The highest BCUT2D eigenvalue weighted by Crippen LogP contribution is 2.40. The first-order valence-corrected chi connectivity index (χ1v) is 13.0. The highest BCUT2D eigenvalue weighted by Gasteiger charge is 2.34. The molecule has 1 N–H and O–H groups in total. The summed E-state index contributed by atoms with van der Waals surface area (Å²) in [5.41, 5.74) is 3.97. The van der Waals surface area contributed by atoms with Gasteiger partial charge in [0.15, 0.2) is 15.7 Å². The third-order valence-electron chi connectivity index (χ3n) is 6.73. The van der Waals surface area contributed by atoms with E-state index in [1.54, 1.807) is 12.1 Å². The Balaban J connectivity index is 1.63. The topological polar surface area (TPSA) is 105 Å². The summed E-state index contributed by atoms with van der Waals surface area (Å²) in [6.07, 6.45) is 4.46. The molecular weight excluding hydrogens is 432 g/mol. The second-order valence-corrected chi connectivity index (χ2v) is 10.8. The molecule has 0 unspecified atom stereocenters. The maximum Gasteiger partial charge on any atom is 0.407 e. The number of sulfone groups is 1. The van der Waals surface area contributed by atoms with E-state index >= 15 is 0 Å². The summed E-state index contributed by atoms with van der Waals surface area (Å²) in [5, 5.41) is 14.6. The van der Waals surface area contributed by atoms with Gasteiger partial charge in [-0.15, -0.1) is 0 Å². The van der Waals surface area contributed by atoms with Gasteiger partial charge in [0, 0.05) is 55.9 Å². The lowest BCUT2D eigenvalue weighted by Crippen LogP contribution is -2.36. The molecule has 5 rings (SSSR count). The zero-order valence-electron chi connectivity index (χ0n) is 18.2. The normalized spacial score (nSPS) is 19.5. The van der Waals surface area contributed by atoms with Crippen molar-refractivity contribution in [3.63, 3.8) is 0 Å². The third kappa shape index (κ3) is 3.75. The highest BCUT2D eigenvalue weighted by atomic mass is 32.2. The number of hydrogen-bond acceptors (Lipinski definition) is 6. The van der Waals surface area contributed by atoms with Gasteiger partial charge in [0.05, 0.1) is 17.5 Å². The molecule has 2 aromatic rings. The number of aryl methyl sites for hydroxylation is 1. The van der Waals surface area contributed by atoms with Gasteiger partial charge in [0.25, 0.3) is 0 Å². The largest absolute Gasteiger partial charge is 0.465 e. The molecule has 0 aliphatic carbocycles. The van der Waals surface area contributed by atoms with E-state index in [0.29, 0.717) is 39.3 Å². The average Bonchev–Trinajstić information content (AvgIpc) is 3.17. The minimum Gasteiger partial charge on any atom is -0.465 e. The summed E-state index contributed by atoms with van der Waals surface area (Å²) in [6.45, 7) is 2.84. The fraction of sp³-hybridized carbons (Fsp3) is 0.545. The smallest absolute Gasteiger partial charge is 0.407 e. The number of fused-ring (bicyclic) bond motifs is 2. The molecule has 1 saturated heterocycles. The molecule has 0 radical (unpaired) electrons. The van der Waals surface area contributed by atoms with Gasteiger partial charge in [-0.2, -0.15) is 5.10 Å². The number of anilines is 2. The number of nitrogens with zero attached hydrogens (tertiary/aromatic N) is 4. The molecule has 1 amide bonds. The van der Waals surface area contributed by atoms with Crippen molar-refractivity contribution in [2.75, 3.05) is 37.5 Å². The van der Waals surface area contributed by atoms with Crippen molar-refractivity contribution in [3.8, 4) is 0 Å². The highest BCUT2D eigenvalue weighted by molar-refractivity contribution is 7.90. The van der Waals surface area contributed by atoms with Crippen molar-refractivity contribution in [3.05, 3.63) is 35.0 Å². The maximum atomic E-state index is 12.2. The van der Waals surface area contributed by atoms with Crippen molar-refractivity contribution < 1.29 is 23.1 Å². The Labute approximate surface area is 187 Å². The van der Waals surface area contributed by atoms with E-state index in [2.05, 4.69) is 9.58 Å². The molecule has 3 aliphatic heterocycles. The molecule has 1 fully saturated rings. The molecule has 3 aliphatic rings. The van der Waals surface area contributed by atoms with Gasteiger partial charge in [-0.05, 0) is 43.4 Å². The van der Waals surface area contributed by atoms with Gasteiger partial charge in [0.2, 0.25) is 0 Å². The summed E-state index contributed by atoms with van der Waals surface area (Å²) < 4.78 is 32.0. The summed E-state index contributed by atoms with van der Waals surface area (Å²) >= 11 is 0. The van der Waals surface area contributed by atoms with Crippen LogP contribution in [0.1, 0.15) is 42.1 Å². The number of benzene rings is 1. The molecule has 172 valence electrons. The Kier molecular flexibility index (Phi) is 5.37. The van der Waals surface area contributed by atoms with Crippen LogP contribution in [0.2, 0.25) is 0 Å². The molecule has 1 aromatic heterocycles. The molecule has 0 spiro atoms. The lowest BCUT2D eigenvalue weighted by atomic mass is 10.00. The van der Waals surface area contributed by atoms with Crippen LogP contribution in [0.5, 0.6) is 0 Å². The van der Waals surface area contributed by atoms with Crippen LogP contribution in [-0.4, -0.2) is 66.9 Å². The molecule has 4 heterocycles. The number of carbonyl (C=O) groups is 1. The van der Waals surface area contributed by atoms with Crippen molar-refractivity contribution in [1.82, 2.24) is 14.7 Å². The van der Waals surface area contributed by atoms with Crippen LogP contribution in [0.4, 0.5) is 16.3 Å². The monoisotopic (exact) mass is 460 g/mol. The average molecular weight is 461 g/mol. The molecular formula is C22H28N4O5S. The summed E-state index contributed by atoms with van der Waals surface area (Å²) in [5.74, 6) is 0.754. The lowest BCUT2D eigenvalue weighted by Gasteiger charge is -2.32. The van der Waals surface area contributed by atoms with Gasteiger partial charge in [-0.1, -0.05) is 6.07 Å². The predicted molar refractivity (Wildman–Crippen MR) is 118 cm³/mol. The first-order valence-electron chi connectivity index (χ1n) is 11.1. The quantitative estimate of drug-likeness (QED) is 0.751. The first-order chi connectivity index (χ1) is 15.3. The second-order valence-electron chi connectivity index (χ2n) is 8.81. The van der Waals surface area contributed by atoms with Crippen molar-refractivity contribution in [1.29, 1.82) is 0 Å². The Morgan fingerprint density at radius 1 is 1.19 bits per heavy atom. The van der Waals surface area contributed by atoms with Crippen molar-refractivity contribution >= 4 is 27.4 Å². The van der Waals surface area contributed by atoms with E-state index in [4.69, 9.17) is 9.84 Å². The van der Waals surface area contributed by atoms with Gasteiger partial charge < -0.3 is 19.6 Å². The number of hydrogen-bond donors (Lipinski definition) is 1. The Morgan fingerprint density at radius 2 is 1.97 bits per heavy atom. The minimum absolute atomic E-state index is 0.231. The van der Waals surface area contributed by atoms with Crippen LogP contribution in [0, 0.1) is 0 Å². The standard InChI is InChI=1S/C22H28N4O5S/c1-32(29,30)17-5-4-15-3-2-9-25(20(15)13-17)21-18-14-24(22(27)28)10-6-19(18)26(23-21)16-7-11-31-12-8-16/h4-5,13,16H,2-3,6-12,14H2,1H3,(H,27,28). The van der Waals surface area contributed by atoms with Crippen LogP contribution in [0.25, 0.3) is 0 Å². The predicted octanol–water partition coefficient (Wildman–Crippen LogP) is 2.76. The fourth-order valence-corrected chi connectivity index (χ4v) is 5.69. The zero-order chi connectivity index (χ0) is 22.5. The van der Waals surface area contributed by atoms with Crippen LogP contribution in [0.3, 0.4) is 0 Å². The molecule has 32 heavy (non-hydrogen) atoms. The van der Waals surface area contributed by atoms with Crippen LogP contribution in [-0.2, 0) is 34.0 Å². The molecule has 0 saturated carbocycles. The Bertz CT molecular complexity index is 1150. The lowest BCUT2D eigenvalue weighted by molar-refractivity contribution is 0.0650. The van der Waals surface area contributed by atoms with Crippen LogP contribution >= 0.6 is 0 Å². The number of ether oxygens (including phenoxy) is 1. The van der Waals surface area contributed by atoms with E-state index in [1.165, 1.54) is 11.2 Å². The van der Waals surface area contributed by atoms with Gasteiger partial charge in [-0.25, -0.2) is 13.2 Å². The zero-order valence-corrected chi connectivity index (χ0v) is 19.0. The van der Waals surface area contributed by atoms with E-state index < -0.39 is 15.9 Å². The summed E-state index contributed by atoms with van der Waals surface area (Å²) in [6, 6.07) is 5.53. The molecule has 10 heteroatoms. The van der Waals surface area contributed by atoms with Gasteiger partial charge in [0.1, 0.15) is 0 Å². The number of carboxylic acid groups (broad SMARTS) is 1. The second kappa shape index (κ2) is 8.08. The fourth-order valence-electron chi connectivity index (χ4n) is 5.05. The molecule has 0 bridgehead atoms. The Morgan fingerprint density at radius 3 is 2.69 bits per heavy atom. The number of rotatable bonds is 3. The summed E-state index contributed by atoms with van der Waals surface area (Å²) in [4.78, 5) is 15.5. The van der Waals surface area contributed by atoms with Crippen LogP contribution < -0.4 is 4.90 Å². The van der Waals surface area contributed by atoms with Crippen molar-refractivity contribution in [2.24, 2.45) is 0 Å². The number of amides is 1.